The average Bonchev–Trinajstić information content (AvgIpc) is 3.15. The van der Waals surface area contributed by atoms with Crippen molar-refractivity contribution in [1.29, 1.82) is 0 Å². The van der Waals surface area contributed by atoms with Crippen LogP contribution in [0, 0.1) is 0 Å². The lowest BCUT2D eigenvalue weighted by Crippen LogP contribution is -2.34. The Kier molecular flexibility index (Phi) is 7.42. The first-order chi connectivity index (χ1) is 14.5. The summed E-state index contributed by atoms with van der Waals surface area (Å²) >= 11 is 6.65. The van der Waals surface area contributed by atoms with Gasteiger partial charge in [-0.25, -0.2) is 4.98 Å². The summed E-state index contributed by atoms with van der Waals surface area (Å²) < 4.78 is 17.1. The summed E-state index contributed by atoms with van der Waals surface area (Å²) in [7, 11) is 3.17. The van der Waals surface area contributed by atoms with Gasteiger partial charge in [-0.1, -0.05) is 24.7 Å². The molecule has 1 amide bonds. The molecule has 2 aromatic carbocycles. The van der Waals surface area contributed by atoms with E-state index in [1.807, 2.05) is 6.07 Å². The Balaban J connectivity index is 1.63. The summed E-state index contributed by atoms with van der Waals surface area (Å²) in [6, 6.07) is 10.6. The molecule has 0 saturated carbocycles. The lowest BCUT2D eigenvalue weighted by molar-refractivity contribution is 0.0977. The van der Waals surface area contributed by atoms with Crippen LogP contribution in [-0.4, -0.2) is 36.8 Å². The van der Waals surface area contributed by atoms with Crippen molar-refractivity contribution in [1.82, 2.24) is 10.3 Å². The van der Waals surface area contributed by atoms with E-state index in [1.54, 1.807) is 44.6 Å². The molecule has 30 heavy (non-hydrogen) atoms. The summed E-state index contributed by atoms with van der Waals surface area (Å²) in [5.74, 6) is 1.70. The largest absolute Gasteiger partial charge is 0.497 e. The van der Waals surface area contributed by atoms with E-state index in [4.69, 9.17) is 26.4 Å². The van der Waals surface area contributed by atoms with Crippen LogP contribution in [-0.2, 0) is 0 Å². The molecule has 0 aliphatic carbocycles. The number of rotatable bonds is 8. The van der Waals surface area contributed by atoms with Crippen molar-refractivity contribution in [3.8, 4) is 17.2 Å². The third-order valence-electron chi connectivity index (χ3n) is 4.22. The van der Waals surface area contributed by atoms with Crippen molar-refractivity contribution >= 4 is 49.9 Å². The number of aromatic nitrogens is 1. The fourth-order valence-electron chi connectivity index (χ4n) is 2.64. The number of carbonyl (C=O) groups excluding carboxylic acids is 1. The van der Waals surface area contributed by atoms with Gasteiger partial charge in [0, 0.05) is 11.6 Å². The highest BCUT2D eigenvalue weighted by molar-refractivity contribution is 7.80. The quantitative estimate of drug-likeness (QED) is 0.387. The van der Waals surface area contributed by atoms with Crippen molar-refractivity contribution in [2.45, 2.75) is 19.8 Å². The van der Waals surface area contributed by atoms with Crippen LogP contribution < -0.4 is 24.8 Å². The van der Waals surface area contributed by atoms with Crippen molar-refractivity contribution in [3.63, 3.8) is 0 Å². The molecule has 0 atom stereocenters. The van der Waals surface area contributed by atoms with Gasteiger partial charge >= 0.3 is 0 Å². The maximum atomic E-state index is 12.4. The predicted molar refractivity (Wildman–Crippen MR) is 123 cm³/mol. The zero-order valence-corrected chi connectivity index (χ0v) is 18.6. The minimum absolute atomic E-state index is 0.160. The van der Waals surface area contributed by atoms with E-state index in [0.29, 0.717) is 34.3 Å². The number of fused-ring (bicyclic) bond motifs is 1. The van der Waals surface area contributed by atoms with Crippen LogP contribution in [0.25, 0.3) is 10.2 Å². The van der Waals surface area contributed by atoms with Crippen LogP contribution in [0.4, 0.5) is 5.13 Å². The highest BCUT2D eigenvalue weighted by Crippen LogP contribution is 2.36. The summed E-state index contributed by atoms with van der Waals surface area (Å²) in [5, 5.41) is 6.32. The topological polar surface area (TPSA) is 81.7 Å². The summed E-state index contributed by atoms with van der Waals surface area (Å²) in [6.45, 7) is 2.77. The Morgan fingerprint density at radius 2 is 1.90 bits per heavy atom. The number of anilines is 1. The third kappa shape index (κ3) is 5.37. The molecule has 0 unspecified atom stereocenters. The Labute approximate surface area is 184 Å². The van der Waals surface area contributed by atoms with Gasteiger partial charge in [-0.2, -0.15) is 0 Å². The number of thiocarbonyl (C=S) groups is 1. The summed E-state index contributed by atoms with van der Waals surface area (Å²) in [4.78, 5) is 16.9. The van der Waals surface area contributed by atoms with Crippen LogP contribution in [0.1, 0.15) is 30.1 Å². The van der Waals surface area contributed by atoms with Crippen LogP contribution in [0.15, 0.2) is 36.4 Å². The maximum Gasteiger partial charge on any atom is 0.257 e. The normalized spacial score (nSPS) is 10.5. The van der Waals surface area contributed by atoms with Crippen molar-refractivity contribution < 1.29 is 19.0 Å². The number of thiazole rings is 1. The Morgan fingerprint density at radius 1 is 1.13 bits per heavy atom. The van der Waals surface area contributed by atoms with Gasteiger partial charge in [0.25, 0.3) is 5.91 Å². The van der Waals surface area contributed by atoms with E-state index in [0.717, 1.165) is 23.3 Å². The molecule has 0 spiro atoms. The number of benzene rings is 2. The van der Waals surface area contributed by atoms with E-state index in [1.165, 1.54) is 11.3 Å². The maximum absolute atomic E-state index is 12.4. The van der Waals surface area contributed by atoms with Gasteiger partial charge in [-0.05, 0) is 49.0 Å². The van der Waals surface area contributed by atoms with E-state index < -0.39 is 0 Å². The smallest absolute Gasteiger partial charge is 0.257 e. The number of hydrogen-bond acceptors (Lipinski definition) is 7. The van der Waals surface area contributed by atoms with Gasteiger partial charge in [-0.15, -0.1) is 0 Å². The second-order valence-corrected chi connectivity index (χ2v) is 7.77. The van der Waals surface area contributed by atoms with Crippen LogP contribution in [0.2, 0.25) is 0 Å². The van der Waals surface area contributed by atoms with Gasteiger partial charge in [0.1, 0.15) is 22.8 Å². The molecule has 158 valence electrons. The Bertz CT molecular complexity index is 1030. The fourth-order valence-corrected chi connectivity index (χ4v) is 3.81. The summed E-state index contributed by atoms with van der Waals surface area (Å²) in [5.41, 5.74) is 1.18. The highest BCUT2D eigenvalue weighted by atomic mass is 32.1. The zero-order valence-electron chi connectivity index (χ0n) is 17.0. The van der Waals surface area contributed by atoms with Gasteiger partial charge in [-0.3, -0.25) is 10.1 Å². The van der Waals surface area contributed by atoms with Crippen molar-refractivity contribution in [2.75, 3.05) is 26.1 Å². The number of ether oxygens (including phenoxy) is 3. The zero-order chi connectivity index (χ0) is 21.5. The number of amides is 1. The molecule has 7 nitrogen and oxygen atoms in total. The average molecular weight is 446 g/mol. The number of carbonyl (C=O) groups is 1. The molecule has 0 fully saturated rings. The molecular formula is C21H23N3O4S2. The minimum atomic E-state index is -0.312. The van der Waals surface area contributed by atoms with E-state index in [2.05, 4.69) is 22.5 Å². The molecule has 1 aromatic heterocycles. The fraction of sp³-hybridized carbons (Fsp3) is 0.286. The van der Waals surface area contributed by atoms with Crippen LogP contribution in [0.3, 0.4) is 0 Å². The standard InChI is InChI=1S/C21H23N3O4S2/c1-4-5-10-28-14-8-6-13(7-9-14)19(25)23-20(29)24-21-22-18-16(27-3)11-15(26-2)12-17(18)30-21/h6-9,11-12H,4-5,10H2,1-3H3,(H2,22,23,24,25,29). The monoisotopic (exact) mass is 445 g/mol. The molecule has 3 aromatic rings. The van der Waals surface area contributed by atoms with Crippen LogP contribution >= 0.6 is 23.6 Å². The van der Waals surface area contributed by atoms with E-state index in [9.17, 15) is 4.79 Å². The van der Waals surface area contributed by atoms with Crippen molar-refractivity contribution in [3.05, 3.63) is 42.0 Å². The first-order valence-corrected chi connectivity index (χ1v) is 10.6. The molecule has 3 rings (SSSR count). The minimum Gasteiger partial charge on any atom is -0.497 e. The number of hydrogen-bond donors (Lipinski definition) is 2. The first kappa shape index (κ1) is 21.8. The number of methoxy groups -OCH3 is 2. The third-order valence-corrected chi connectivity index (χ3v) is 5.34. The molecular weight excluding hydrogens is 422 g/mol. The molecule has 0 saturated heterocycles. The number of unbranched alkanes of at least 4 members (excludes halogenated alkanes) is 1. The molecule has 9 heteroatoms. The molecule has 0 aliphatic heterocycles. The second-order valence-electron chi connectivity index (χ2n) is 6.33. The molecule has 2 N–H and O–H groups in total. The van der Waals surface area contributed by atoms with E-state index >= 15 is 0 Å². The second kappa shape index (κ2) is 10.2. The SMILES string of the molecule is CCCCOc1ccc(C(=O)NC(=S)Nc2nc3c(OC)cc(OC)cc3s2)cc1. The van der Waals surface area contributed by atoms with Crippen LogP contribution in [0.5, 0.6) is 17.2 Å². The number of nitrogens with one attached hydrogen (secondary N) is 2. The van der Waals surface area contributed by atoms with Gasteiger partial charge < -0.3 is 19.5 Å². The van der Waals surface area contributed by atoms with Gasteiger partial charge in [0.2, 0.25) is 0 Å². The van der Waals surface area contributed by atoms with Gasteiger partial charge in [0.15, 0.2) is 10.2 Å². The van der Waals surface area contributed by atoms with E-state index in [-0.39, 0.29) is 11.0 Å². The van der Waals surface area contributed by atoms with Gasteiger partial charge in [0.05, 0.1) is 25.5 Å². The molecule has 0 bridgehead atoms. The Hall–Kier alpha value is -2.91. The summed E-state index contributed by atoms with van der Waals surface area (Å²) in [6.07, 6.45) is 2.06. The Morgan fingerprint density at radius 3 is 2.57 bits per heavy atom. The van der Waals surface area contributed by atoms with Crippen molar-refractivity contribution in [2.24, 2.45) is 0 Å². The molecule has 1 heterocycles. The molecule has 0 aliphatic rings. The number of nitrogens with zero attached hydrogens (tertiary/aromatic N) is 1. The predicted octanol–water partition coefficient (Wildman–Crippen LogP) is 4.62. The highest BCUT2D eigenvalue weighted by Gasteiger charge is 2.14. The lowest BCUT2D eigenvalue weighted by Gasteiger charge is -2.08. The molecule has 0 radical (unpaired) electrons. The lowest BCUT2D eigenvalue weighted by atomic mass is 10.2. The first-order valence-electron chi connectivity index (χ1n) is 9.41.